The summed E-state index contributed by atoms with van der Waals surface area (Å²) in [5, 5.41) is 9.66. The second kappa shape index (κ2) is 6.38. The summed E-state index contributed by atoms with van der Waals surface area (Å²) < 4.78 is 10.8. The second-order valence-corrected chi connectivity index (χ2v) is 4.36. The van der Waals surface area contributed by atoms with Gasteiger partial charge in [-0.25, -0.2) is 0 Å². The van der Waals surface area contributed by atoms with E-state index in [4.69, 9.17) is 9.47 Å². The topological polar surface area (TPSA) is 38.7 Å². The number of rotatable bonds is 7. The maximum absolute atomic E-state index is 9.66. The van der Waals surface area contributed by atoms with E-state index in [1.165, 1.54) is 0 Å². The summed E-state index contributed by atoms with van der Waals surface area (Å²) in [4.78, 5) is 0. The highest BCUT2D eigenvalue weighted by Gasteiger charge is 2.22. The molecule has 3 nitrogen and oxygen atoms in total. The van der Waals surface area contributed by atoms with Crippen LogP contribution >= 0.6 is 0 Å². The zero-order valence-electron chi connectivity index (χ0n) is 10.0. The smallest absolute Gasteiger partial charge is 0.0780 e. The molecule has 0 aliphatic rings. The molecule has 0 saturated carbocycles. The molecule has 0 aromatic heterocycles. The Morgan fingerprint density at radius 1 is 1.21 bits per heavy atom. The van der Waals surface area contributed by atoms with Crippen molar-refractivity contribution in [2.24, 2.45) is 5.92 Å². The molecule has 14 heavy (non-hydrogen) atoms. The standard InChI is InChI=1S/C11H24O3/c1-6-13-8-10(3)14-7-9(2)11(4,5)12/h9-10,12H,6-8H2,1-5H3. The molecule has 2 unspecified atom stereocenters. The summed E-state index contributed by atoms with van der Waals surface area (Å²) in [5.41, 5.74) is -0.675. The van der Waals surface area contributed by atoms with Crippen LogP contribution in [0.25, 0.3) is 0 Å². The number of hydrogen-bond donors (Lipinski definition) is 1. The summed E-state index contributed by atoms with van der Waals surface area (Å²) in [7, 11) is 0. The van der Waals surface area contributed by atoms with Gasteiger partial charge in [0.05, 0.1) is 24.9 Å². The van der Waals surface area contributed by atoms with E-state index in [1.54, 1.807) is 13.8 Å². The van der Waals surface area contributed by atoms with Gasteiger partial charge in [-0.1, -0.05) is 6.92 Å². The van der Waals surface area contributed by atoms with Crippen LogP contribution < -0.4 is 0 Å². The molecule has 0 spiro atoms. The predicted octanol–water partition coefficient (Wildman–Crippen LogP) is 1.83. The lowest BCUT2D eigenvalue weighted by Gasteiger charge is -2.26. The fraction of sp³-hybridized carbons (Fsp3) is 1.00. The minimum absolute atomic E-state index is 0.0970. The van der Waals surface area contributed by atoms with Gasteiger partial charge in [-0.2, -0.15) is 0 Å². The van der Waals surface area contributed by atoms with Crippen LogP contribution in [0.2, 0.25) is 0 Å². The fourth-order valence-corrected chi connectivity index (χ4v) is 0.844. The monoisotopic (exact) mass is 204 g/mol. The van der Waals surface area contributed by atoms with Crippen molar-refractivity contribution in [2.45, 2.75) is 46.3 Å². The molecule has 0 amide bonds. The van der Waals surface area contributed by atoms with Gasteiger partial charge in [0.2, 0.25) is 0 Å². The predicted molar refractivity (Wildman–Crippen MR) is 57.4 cm³/mol. The Morgan fingerprint density at radius 3 is 2.21 bits per heavy atom. The normalized spacial score (nSPS) is 16.7. The van der Waals surface area contributed by atoms with Gasteiger partial charge in [-0.15, -0.1) is 0 Å². The third-order valence-corrected chi connectivity index (χ3v) is 2.39. The minimum Gasteiger partial charge on any atom is -0.390 e. The van der Waals surface area contributed by atoms with Crippen molar-refractivity contribution in [3.05, 3.63) is 0 Å². The summed E-state index contributed by atoms with van der Waals surface area (Å²) in [6, 6.07) is 0. The van der Waals surface area contributed by atoms with E-state index in [0.29, 0.717) is 13.2 Å². The Bertz CT molecular complexity index is 140. The zero-order chi connectivity index (χ0) is 11.2. The lowest BCUT2D eigenvalue weighted by atomic mass is 9.94. The number of ether oxygens (including phenoxy) is 2. The van der Waals surface area contributed by atoms with E-state index in [2.05, 4.69) is 0 Å². The molecule has 0 bridgehead atoms. The molecule has 0 radical (unpaired) electrons. The molecular weight excluding hydrogens is 180 g/mol. The maximum atomic E-state index is 9.66. The summed E-state index contributed by atoms with van der Waals surface area (Å²) >= 11 is 0. The Balaban J connectivity index is 3.61. The molecule has 0 aliphatic heterocycles. The van der Waals surface area contributed by atoms with E-state index in [0.717, 1.165) is 6.61 Å². The van der Waals surface area contributed by atoms with E-state index >= 15 is 0 Å². The van der Waals surface area contributed by atoms with Crippen LogP contribution in [-0.4, -0.2) is 36.6 Å². The van der Waals surface area contributed by atoms with Gasteiger partial charge in [0.15, 0.2) is 0 Å². The Morgan fingerprint density at radius 2 is 1.79 bits per heavy atom. The summed E-state index contributed by atoms with van der Waals surface area (Å²) in [6.45, 7) is 11.4. The molecular formula is C11H24O3. The lowest BCUT2D eigenvalue weighted by molar-refractivity contribution is -0.0595. The van der Waals surface area contributed by atoms with Crippen molar-refractivity contribution in [3.63, 3.8) is 0 Å². The van der Waals surface area contributed by atoms with Crippen LogP contribution in [0.4, 0.5) is 0 Å². The maximum Gasteiger partial charge on any atom is 0.0780 e. The lowest BCUT2D eigenvalue weighted by Crippen LogP contribution is -2.33. The fourth-order valence-electron chi connectivity index (χ4n) is 0.844. The Labute approximate surface area is 87.4 Å². The Hall–Kier alpha value is -0.120. The molecule has 1 N–H and O–H groups in total. The van der Waals surface area contributed by atoms with Gasteiger partial charge < -0.3 is 14.6 Å². The summed E-state index contributed by atoms with van der Waals surface area (Å²) in [6.07, 6.45) is 0.0970. The first-order valence-corrected chi connectivity index (χ1v) is 5.29. The van der Waals surface area contributed by atoms with Crippen molar-refractivity contribution in [3.8, 4) is 0 Å². The second-order valence-electron chi connectivity index (χ2n) is 4.36. The molecule has 3 heteroatoms. The molecule has 0 saturated heterocycles. The first-order chi connectivity index (χ1) is 6.38. The van der Waals surface area contributed by atoms with Crippen LogP contribution in [0.15, 0.2) is 0 Å². The third-order valence-electron chi connectivity index (χ3n) is 2.39. The van der Waals surface area contributed by atoms with Crippen LogP contribution in [0.3, 0.4) is 0 Å². The van der Waals surface area contributed by atoms with Crippen molar-refractivity contribution >= 4 is 0 Å². The van der Waals surface area contributed by atoms with Gasteiger partial charge in [0, 0.05) is 12.5 Å². The number of aliphatic hydroxyl groups is 1. The van der Waals surface area contributed by atoms with Crippen molar-refractivity contribution < 1.29 is 14.6 Å². The molecule has 0 aromatic rings. The molecule has 0 rings (SSSR count). The van der Waals surface area contributed by atoms with E-state index in [1.807, 2.05) is 20.8 Å². The third kappa shape index (κ3) is 6.35. The van der Waals surface area contributed by atoms with Crippen molar-refractivity contribution in [1.29, 1.82) is 0 Å². The van der Waals surface area contributed by atoms with Gasteiger partial charge in [-0.3, -0.25) is 0 Å². The van der Waals surface area contributed by atoms with E-state index < -0.39 is 5.60 Å². The SMILES string of the molecule is CCOCC(C)OCC(C)C(C)(C)O. The minimum atomic E-state index is -0.675. The molecule has 0 heterocycles. The molecule has 86 valence electrons. The van der Waals surface area contributed by atoms with Gasteiger partial charge in [0.25, 0.3) is 0 Å². The van der Waals surface area contributed by atoms with Crippen LogP contribution in [0, 0.1) is 5.92 Å². The average Bonchev–Trinajstić information content (AvgIpc) is 2.09. The van der Waals surface area contributed by atoms with E-state index in [-0.39, 0.29) is 12.0 Å². The van der Waals surface area contributed by atoms with E-state index in [9.17, 15) is 5.11 Å². The first kappa shape index (κ1) is 13.9. The van der Waals surface area contributed by atoms with Crippen LogP contribution in [-0.2, 0) is 9.47 Å². The highest BCUT2D eigenvalue weighted by molar-refractivity contribution is 4.73. The molecule has 0 fully saturated rings. The molecule has 0 aromatic carbocycles. The van der Waals surface area contributed by atoms with Crippen molar-refractivity contribution in [2.75, 3.05) is 19.8 Å². The number of hydrogen-bond acceptors (Lipinski definition) is 3. The average molecular weight is 204 g/mol. The quantitative estimate of drug-likeness (QED) is 0.687. The van der Waals surface area contributed by atoms with Crippen LogP contribution in [0.1, 0.15) is 34.6 Å². The highest BCUT2D eigenvalue weighted by Crippen LogP contribution is 2.16. The zero-order valence-corrected chi connectivity index (χ0v) is 10.0. The van der Waals surface area contributed by atoms with Gasteiger partial charge >= 0.3 is 0 Å². The van der Waals surface area contributed by atoms with Gasteiger partial charge in [-0.05, 0) is 27.7 Å². The van der Waals surface area contributed by atoms with Gasteiger partial charge in [0.1, 0.15) is 0 Å². The first-order valence-electron chi connectivity index (χ1n) is 5.29. The highest BCUT2D eigenvalue weighted by atomic mass is 16.5. The largest absolute Gasteiger partial charge is 0.390 e. The molecule has 2 atom stereocenters. The van der Waals surface area contributed by atoms with Crippen LogP contribution in [0.5, 0.6) is 0 Å². The summed E-state index contributed by atoms with van der Waals surface area (Å²) in [5.74, 6) is 0.131. The van der Waals surface area contributed by atoms with Crippen molar-refractivity contribution in [1.82, 2.24) is 0 Å². The molecule has 0 aliphatic carbocycles. The Kier molecular flexibility index (Phi) is 6.33.